The van der Waals surface area contributed by atoms with E-state index in [1.54, 1.807) is 24.5 Å². The molecule has 1 N–H and O–H groups in total. The lowest BCUT2D eigenvalue weighted by atomic mass is 9.96. The van der Waals surface area contributed by atoms with E-state index in [-0.39, 0.29) is 11.8 Å². The van der Waals surface area contributed by atoms with Gasteiger partial charge in [-0.2, -0.15) is 0 Å². The van der Waals surface area contributed by atoms with Gasteiger partial charge in [0.15, 0.2) is 0 Å². The second kappa shape index (κ2) is 8.52. The molecule has 1 fully saturated rings. The predicted molar refractivity (Wildman–Crippen MR) is 101 cm³/mol. The van der Waals surface area contributed by atoms with Crippen LogP contribution in [0.4, 0.5) is 0 Å². The largest absolute Gasteiger partial charge is 0.465 e. The van der Waals surface area contributed by atoms with Crippen molar-refractivity contribution in [1.82, 2.24) is 10.2 Å². The molecule has 3 rings (SSSR count). The number of likely N-dealkylation sites (tertiary alicyclic amines) is 1. The van der Waals surface area contributed by atoms with Crippen molar-refractivity contribution in [2.45, 2.75) is 19.8 Å². The number of carbonyl (C=O) groups excluding carboxylic acids is 2. The van der Waals surface area contributed by atoms with Gasteiger partial charge in [-0.05, 0) is 56.0 Å². The zero-order valence-corrected chi connectivity index (χ0v) is 15.0. The minimum atomic E-state index is -0.0371. The summed E-state index contributed by atoms with van der Waals surface area (Å²) in [6.45, 7) is 4.08. The van der Waals surface area contributed by atoms with Gasteiger partial charge in [-0.25, -0.2) is 0 Å². The van der Waals surface area contributed by atoms with Gasteiger partial charge >= 0.3 is 0 Å². The summed E-state index contributed by atoms with van der Waals surface area (Å²) in [5.41, 5.74) is 1.82. The molecular weight excluding hydrogens is 328 g/mol. The molecule has 136 valence electrons. The number of hydrogen-bond donors (Lipinski definition) is 1. The number of benzene rings is 1. The van der Waals surface area contributed by atoms with Gasteiger partial charge in [-0.3, -0.25) is 9.59 Å². The SMILES string of the molecule is Cc1ccc(C(=O)NCC2CCN(C(=O)/C=C/c3ccco3)CC2)cc1. The minimum Gasteiger partial charge on any atom is -0.465 e. The number of carbonyl (C=O) groups is 2. The average Bonchev–Trinajstić information content (AvgIpc) is 3.19. The summed E-state index contributed by atoms with van der Waals surface area (Å²) in [7, 11) is 0. The second-order valence-corrected chi connectivity index (χ2v) is 6.69. The molecule has 0 bridgehead atoms. The minimum absolute atomic E-state index is 0.00328. The van der Waals surface area contributed by atoms with E-state index in [0.717, 1.165) is 18.4 Å². The summed E-state index contributed by atoms with van der Waals surface area (Å²) in [6, 6.07) is 11.2. The molecule has 2 amide bonds. The standard InChI is InChI=1S/C21H24N2O3/c1-16-4-6-18(7-5-16)21(25)22-15-17-10-12-23(13-11-17)20(24)9-8-19-3-2-14-26-19/h2-9,14,17H,10-13,15H2,1H3,(H,22,25)/b9-8+. The molecule has 1 saturated heterocycles. The fourth-order valence-electron chi connectivity index (χ4n) is 3.05. The molecule has 0 atom stereocenters. The van der Waals surface area contributed by atoms with Crippen LogP contribution in [0.15, 0.2) is 53.2 Å². The number of piperidine rings is 1. The summed E-state index contributed by atoms with van der Waals surface area (Å²) in [4.78, 5) is 26.2. The van der Waals surface area contributed by atoms with Crippen molar-refractivity contribution >= 4 is 17.9 Å². The first kappa shape index (κ1) is 18.0. The van der Waals surface area contributed by atoms with E-state index in [2.05, 4.69) is 5.32 Å². The van der Waals surface area contributed by atoms with Crippen LogP contribution in [0.3, 0.4) is 0 Å². The molecule has 5 heteroatoms. The third-order valence-electron chi connectivity index (χ3n) is 4.72. The van der Waals surface area contributed by atoms with Gasteiger partial charge in [-0.15, -0.1) is 0 Å². The number of rotatable bonds is 5. The van der Waals surface area contributed by atoms with E-state index in [1.165, 1.54) is 0 Å². The lowest BCUT2D eigenvalue weighted by Gasteiger charge is -2.31. The molecule has 0 unspecified atom stereocenters. The summed E-state index contributed by atoms with van der Waals surface area (Å²) in [5, 5.41) is 3.01. The number of aryl methyl sites for hydroxylation is 1. The van der Waals surface area contributed by atoms with Gasteiger partial charge in [-0.1, -0.05) is 17.7 Å². The van der Waals surface area contributed by atoms with Crippen molar-refractivity contribution in [2.24, 2.45) is 5.92 Å². The van der Waals surface area contributed by atoms with Crippen LogP contribution in [0.2, 0.25) is 0 Å². The summed E-state index contributed by atoms with van der Waals surface area (Å²) in [5.74, 6) is 1.04. The van der Waals surface area contributed by atoms with E-state index in [4.69, 9.17) is 4.42 Å². The lowest BCUT2D eigenvalue weighted by molar-refractivity contribution is -0.127. The number of nitrogens with zero attached hydrogens (tertiary/aromatic N) is 1. The van der Waals surface area contributed by atoms with Crippen molar-refractivity contribution < 1.29 is 14.0 Å². The van der Waals surface area contributed by atoms with Gasteiger partial charge in [0.05, 0.1) is 6.26 Å². The Bertz CT molecular complexity index is 755. The van der Waals surface area contributed by atoms with Crippen LogP contribution in [0.5, 0.6) is 0 Å². The van der Waals surface area contributed by atoms with E-state index < -0.39 is 0 Å². The van der Waals surface area contributed by atoms with Crippen LogP contribution in [-0.4, -0.2) is 36.3 Å². The fraction of sp³-hybridized carbons (Fsp3) is 0.333. The number of hydrogen-bond acceptors (Lipinski definition) is 3. The first-order chi connectivity index (χ1) is 12.6. The fourth-order valence-corrected chi connectivity index (χ4v) is 3.05. The number of nitrogens with one attached hydrogen (secondary N) is 1. The maximum Gasteiger partial charge on any atom is 0.251 e. The lowest BCUT2D eigenvalue weighted by Crippen LogP contribution is -2.40. The van der Waals surface area contributed by atoms with Gasteiger partial charge in [0, 0.05) is 31.3 Å². The Morgan fingerprint density at radius 1 is 1.19 bits per heavy atom. The molecule has 0 spiro atoms. The third kappa shape index (κ3) is 4.85. The van der Waals surface area contributed by atoms with Crippen LogP contribution in [0.1, 0.15) is 34.5 Å². The highest BCUT2D eigenvalue weighted by Crippen LogP contribution is 2.17. The maximum atomic E-state index is 12.2. The van der Waals surface area contributed by atoms with E-state index in [0.29, 0.717) is 36.9 Å². The Hall–Kier alpha value is -2.82. The van der Waals surface area contributed by atoms with Crippen molar-refractivity contribution in [2.75, 3.05) is 19.6 Å². The Morgan fingerprint density at radius 2 is 1.92 bits per heavy atom. The molecule has 0 saturated carbocycles. The second-order valence-electron chi connectivity index (χ2n) is 6.69. The van der Waals surface area contributed by atoms with Gasteiger partial charge < -0.3 is 14.6 Å². The maximum absolute atomic E-state index is 12.2. The molecule has 26 heavy (non-hydrogen) atoms. The van der Waals surface area contributed by atoms with Crippen LogP contribution in [0.25, 0.3) is 6.08 Å². The van der Waals surface area contributed by atoms with E-state index >= 15 is 0 Å². The highest BCUT2D eigenvalue weighted by Gasteiger charge is 2.22. The van der Waals surface area contributed by atoms with Gasteiger partial charge in [0.25, 0.3) is 5.91 Å². The highest BCUT2D eigenvalue weighted by atomic mass is 16.3. The summed E-state index contributed by atoms with van der Waals surface area (Å²) < 4.78 is 5.19. The molecule has 0 radical (unpaired) electrons. The predicted octanol–water partition coefficient (Wildman–Crippen LogP) is 3.27. The normalized spacial score (nSPS) is 15.3. The Labute approximate surface area is 153 Å². The molecule has 1 aromatic carbocycles. The quantitative estimate of drug-likeness (QED) is 0.840. The van der Waals surface area contributed by atoms with Crippen LogP contribution in [-0.2, 0) is 4.79 Å². The van der Waals surface area contributed by atoms with Gasteiger partial charge in [0.1, 0.15) is 5.76 Å². The molecule has 2 heterocycles. The molecule has 5 nitrogen and oxygen atoms in total. The van der Waals surface area contributed by atoms with Crippen molar-refractivity contribution in [1.29, 1.82) is 0 Å². The molecule has 0 aliphatic carbocycles. The average molecular weight is 352 g/mol. The van der Waals surface area contributed by atoms with Crippen molar-refractivity contribution in [3.05, 3.63) is 65.6 Å². The molecule has 1 aromatic heterocycles. The first-order valence-electron chi connectivity index (χ1n) is 8.97. The van der Waals surface area contributed by atoms with Crippen LogP contribution in [0, 0.1) is 12.8 Å². The van der Waals surface area contributed by atoms with E-state index in [9.17, 15) is 9.59 Å². The Kier molecular flexibility index (Phi) is 5.89. The molecule has 2 aromatic rings. The zero-order valence-electron chi connectivity index (χ0n) is 15.0. The molecule has 1 aliphatic rings. The summed E-state index contributed by atoms with van der Waals surface area (Å²) >= 11 is 0. The summed E-state index contributed by atoms with van der Waals surface area (Å²) in [6.07, 6.45) is 6.62. The zero-order chi connectivity index (χ0) is 18.4. The Morgan fingerprint density at radius 3 is 2.58 bits per heavy atom. The third-order valence-corrected chi connectivity index (χ3v) is 4.72. The van der Waals surface area contributed by atoms with E-state index in [1.807, 2.05) is 42.2 Å². The highest BCUT2D eigenvalue weighted by molar-refractivity contribution is 5.94. The topological polar surface area (TPSA) is 62.6 Å². The van der Waals surface area contributed by atoms with Crippen LogP contribution < -0.4 is 5.32 Å². The smallest absolute Gasteiger partial charge is 0.251 e. The van der Waals surface area contributed by atoms with Crippen molar-refractivity contribution in [3.63, 3.8) is 0 Å². The molecule has 1 aliphatic heterocycles. The monoisotopic (exact) mass is 352 g/mol. The number of furan rings is 1. The van der Waals surface area contributed by atoms with Crippen molar-refractivity contribution in [3.8, 4) is 0 Å². The first-order valence-corrected chi connectivity index (χ1v) is 8.97. The number of amides is 2. The van der Waals surface area contributed by atoms with Crippen LogP contribution >= 0.6 is 0 Å². The Balaban J connectivity index is 1.41. The molecular formula is C21H24N2O3. The van der Waals surface area contributed by atoms with Gasteiger partial charge in [0.2, 0.25) is 5.91 Å².